The molecule has 3 fully saturated rings. The molecule has 5 rings (SSSR count). The van der Waals surface area contributed by atoms with Gasteiger partial charge >= 0.3 is 0 Å². The Bertz CT molecular complexity index is 1010. The summed E-state index contributed by atoms with van der Waals surface area (Å²) in [6, 6.07) is 18.4. The zero-order valence-electron chi connectivity index (χ0n) is 20.8. The molecule has 3 atom stereocenters. The lowest BCUT2D eigenvalue weighted by molar-refractivity contribution is -0.153. The minimum absolute atomic E-state index is 0.0995. The van der Waals surface area contributed by atoms with Crippen LogP contribution in [0.4, 0.5) is 0 Å². The van der Waals surface area contributed by atoms with Crippen LogP contribution in [0.5, 0.6) is 5.75 Å². The molecule has 2 saturated carbocycles. The Labute approximate surface area is 204 Å². The minimum Gasteiger partial charge on any atom is -0.497 e. The predicted molar refractivity (Wildman–Crippen MR) is 134 cm³/mol. The highest BCUT2D eigenvalue weighted by molar-refractivity contribution is 5.94. The van der Waals surface area contributed by atoms with Gasteiger partial charge in [0.25, 0.3) is 5.91 Å². The van der Waals surface area contributed by atoms with E-state index < -0.39 is 0 Å². The van der Waals surface area contributed by atoms with Crippen molar-refractivity contribution in [1.29, 1.82) is 0 Å². The number of benzene rings is 2. The summed E-state index contributed by atoms with van der Waals surface area (Å²) in [4.78, 5) is 18.0. The molecule has 0 aromatic heterocycles. The molecule has 2 aromatic carbocycles. The van der Waals surface area contributed by atoms with Crippen LogP contribution in [0.2, 0.25) is 0 Å². The van der Waals surface area contributed by atoms with Gasteiger partial charge < -0.3 is 19.3 Å². The number of amides is 1. The highest BCUT2D eigenvalue weighted by Crippen LogP contribution is 2.54. The molecule has 1 amide bonds. The van der Waals surface area contributed by atoms with Crippen LogP contribution in [0.15, 0.2) is 54.6 Å². The van der Waals surface area contributed by atoms with Gasteiger partial charge in [0.2, 0.25) is 0 Å². The number of carbonyl (C=O) groups excluding carboxylic acids is 1. The van der Waals surface area contributed by atoms with Crippen molar-refractivity contribution in [3.05, 3.63) is 65.7 Å². The number of carbonyl (C=O) groups is 1. The molecular formula is C29H38N2O3. The molecule has 2 aliphatic carbocycles. The maximum Gasteiger partial charge on any atom is 0.253 e. The number of likely N-dealkylation sites (tertiary alicyclic amines) is 1. The first-order valence-electron chi connectivity index (χ1n) is 12.7. The van der Waals surface area contributed by atoms with Crippen LogP contribution in [0, 0.1) is 5.92 Å². The lowest BCUT2D eigenvalue weighted by Gasteiger charge is -2.60. The van der Waals surface area contributed by atoms with Crippen LogP contribution in [-0.2, 0) is 10.2 Å². The fraction of sp³-hybridized carbons (Fsp3) is 0.552. The number of piperidine rings is 1. The Morgan fingerprint density at radius 2 is 1.85 bits per heavy atom. The second-order valence-electron chi connectivity index (χ2n) is 10.6. The fourth-order valence-corrected chi connectivity index (χ4v) is 6.59. The standard InChI is InChI=1S/C29H38N2O3/c1-30(27(32)23-8-5-4-6-9-23)25-14-15-29(34-3)21-31(20-22-12-13-22)17-16-28(29,19-25)24-10-7-11-26(18-24)33-2/h4-11,18,22,25H,12-17,19-21H2,1-3H3/t25-,28?,29?/m0/s1. The molecule has 2 aromatic rings. The van der Waals surface area contributed by atoms with Crippen molar-refractivity contribution in [2.45, 2.75) is 55.6 Å². The Balaban J connectivity index is 1.49. The van der Waals surface area contributed by atoms with E-state index in [0.29, 0.717) is 0 Å². The molecule has 0 bridgehead atoms. The van der Waals surface area contributed by atoms with Gasteiger partial charge in [0.15, 0.2) is 0 Å². The Morgan fingerprint density at radius 3 is 2.56 bits per heavy atom. The van der Waals surface area contributed by atoms with Crippen molar-refractivity contribution < 1.29 is 14.3 Å². The maximum atomic E-state index is 13.3. The van der Waals surface area contributed by atoms with Crippen LogP contribution < -0.4 is 4.74 Å². The smallest absolute Gasteiger partial charge is 0.253 e. The fourth-order valence-electron chi connectivity index (χ4n) is 6.59. The monoisotopic (exact) mass is 462 g/mol. The summed E-state index contributed by atoms with van der Waals surface area (Å²) in [6.07, 6.45) is 6.56. The zero-order valence-corrected chi connectivity index (χ0v) is 20.8. The van der Waals surface area contributed by atoms with Crippen LogP contribution in [-0.4, -0.2) is 68.3 Å². The molecule has 5 nitrogen and oxygen atoms in total. The highest BCUT2D eigenvalue weighted by atomic mass is 16.5. The molecule has 1 saturated heterocycles. The number of nitrogens with zero attached hydrogens (tertiary/aromatic N) is 2. The Kier molecular flexibility index (Phi) is 6.43. The summed E-state index contributed by atoms with van der Waals surface area (Å²) in [5.74, 6) is 1.85. The summed E-state index contributed by atoms with van der Waals surface area (Å²) >= 11 is 0. The summed E-state index contributed by atoms with van der Waals surface area (Å²) in [7, 11) is 5.60. The van der Waals surface area contributed by atoms with Gasteiger partial charge in [-0.15, -0.1) is 0 Å². The van der Waals surface area contributed by atoms with Crippen molar-refractivity contribution in [2.24, 2.45) is 5.92 Å². The van der Waals surface area contributed by atoms with E-state index in [9.17, 15) is 4.79 Å². The number of rotatable bonds is 7. The third-order valence-corrected chi connectivity index (χ3v) is 8.79. The average molecular weight is 463 g/mol. The number of ether oxygens (including phenoxy) is 2. The van der Waals surface area contributed by atoms with Gasteiger partial charge in [-0.2, -0.15) is 0 Å². The van der Waals surface area contributed by atoms with E-state index in [2.05, 4.69) is 23.1 Å². The first-order chi connectivity index (χ1) is 16.5. The second kappa shape index (κ2) is 9.35. The third-order valence-electron chi connectivity index (χ3n) is 8.79. The second-order valence-corrected chi connectivity index (χ2v) is 10.6. The van der Waals surface area contributed by atoms with E-state index in [0.717, 1.165) is 56.0 Å². The molecule has 5 heteroatoms. The van der Waals surface area contributed by atoms with Gasteiger partial charge in [-0.05, 0) is 80.8 Å². The molecule has 0 spiro atoms. The zero-order chi connectivity index (χ0) is 23.8. The van der Waals surface area contributed by atoms with Crippen LogP contribution in [0.25, 0.3) is 0 Å². The third kappa shape index (κ3) is 4.14. The minimum atomic E-state index is -0.264. The maximum absolute atomic E-state index is 13.3. The van der Waals surface area contributed by atoms with Crippen molar-refractivity contribution in [3.63, 3.8) is 0 Å². The van der Waals surface area contributed by atoms with E-state index in [4.69, 9.17) is 9.47 Å². The van der Waals surface area contributed by atoms with Crippen LogP contribution >= 0.6 is 0 Å². The summed E-state index contributed by atoms with van der Waals surface area (Å²) in [5.41, 5.74) is 1.61. The molecule has 1 heterocycles. The van der Waals surface area contributed by atoms with Crippen molar-refractivity contribution in [1.82, 2.24) is 9.80 Å². The topological polar surface area (TPSA) is 42.0 Å². The molecule has 182 valence electrons. The van der Waals surface area contributed by atoms with E-state index in [1.807, 2.05) is 55.5 Å². The summed E-state index contributed by atoms with van der Waals surface area (Å²) in [5, 5.41) is 0. The van der Waals surface area contributed by atoms with Gasteiger partial charge in [-0.3, -0.25) is 4.79 Å². The highest BCUT2D eigenvalue weighted by Gasteiger charge is 2.59. The van der Waals surface area contributed by atoms with Crippen molar-refractivity contribution in [2.75, 3.05) is 40.9 Å². The molecule has 3 aliphatic rings. The van der Waals surface area contributed by atoms with Crippen molar-refractivity contribution in [3.8, 4) is 5.75 Å². The van der Waals surface area contributed by atoms with Gasteiger partial charge in [0, 0.05) is 44.3 Å². The largest absolute Gasteiger partial charge is 0.497 e. The number of hydrogen-bond donors (Lipinski definition) is 0. The Hall–Kier alpha value is -2.37. The predicted octanol–water partition coefficient (Wildman–Crippen LogP) is 4.76. The molecule has 1 aliphatic heterocycles. The molecule has 34 heavy (non-hydrogen) atoms. The van der Waals surface area contributed by atoms with E-state index in [1.165, 1.54) is 24.9 Å². The first kappa shape index (κ1) is 23.4. The average Bonchev–Trinajstić information content (AvgIpc) is 3.72. The van der Waals surface area contributed by atoms with Crippen LogP contribution in [0.1, 0.15) is 54.4 Å². The van der Waals surface area contributed by atoms with Gasteiger partial charge in [0.05, 0.1) is 12.7 Å². The van der Waals surface area contributed by atoms with E-state index in [1.54, 1.807) is 7.11 Å². The molecule has 0 N–H and O–H groups in total. The summed E-state index contributed by atoms with van der Waals surface area (Å²) in [6.45, 7) is 3.22. The van der Waals surface area contributed by atoms with E-state index in [-0.39, 0.29) is 23.0 Å². The molecule has 0 radical (unpaired) electrons. The lowest BCUT2D eigenvalue weighted by atomic mass is 9.55. The Morgan fingerprint density at radius 1 is 1.06 bits per heavy atom. The van der Waals surface area contributed by atoms with Gasteiger partial charge in [0.1, 0.15) is 5.75 Å². The first-order valence-corrected chi connectivity index (χ1v) is 12.7. The van der Waals surface area contributed by atoms with Gasteiger partial charge in [-0.25, -0.2) is 0 Å². The quantitative estimate of drug-likeness (QED) is 0.595. The lowest BCUT2D eigenvalue weighted by Crippen LogP contribution is -2.68. The molecule has 2 unspecified atom stereocenters. The van der Waals surface area contributed by atoms with Gasteiger partial charge in [-0.1, -0.05) is 30.3 Å². The SMILES string of the molecule is COc1cccc(C23CCN(CC4CC4)CC2(OC)CC[C@H](N(C)C(=O)c2ccccc2)C3)c1. The van der Waals surface area contributed by atoms with E-state index >= 15 is 0 Å². The normalized spacial score (nSPS) is 29.3. The molecular weight excluding hydrogens is 424 g/mol. The van der Waals surface area contributed by atoms with Crippen LogP contribution in [0.3, 0.4) is 0 Å². The van der Waals surface area contributed by atoms with Crippen molar-refractivity contribution >= 4 is 5.91 Å². The number of hydrogen-bond acceptors (Lipinski definition) is 4. The number of methoxy groups -OCH3 is 2. The number of fused-ring (bicyclic) bond motifs is 1. The summed E-state index contributed by atoms with van der Waals surface area (Å²) < 4.78 is 12.2.